The van der Waals surface area contributed by atoms with Gasteiger partial charge in [0.2, 0.25) is 3.79 Å². The molecule has 0 fully saturated rings. The highest BCUT2D eigenvalue weighted by atomic mass is 35.6. The van der Waals surface area contributed by atoms with Gasteiger partial charge in [-0.25, -0.2) is 0 Å². The molecule has 5 heteroatoms. The number of hydrogen-bond donors (Lipinski definition) is 2. The third kappa shape index (κ3) is 2.15. The molecule has 0 spiro atoms. The van der Waals surface area contributed by atoms with E-state index in [-0.39, 0.29) is 0 Å². The third-order valence-electron chi connectivity index (χ3n) is 1.95. The zero-order valence-electron chi connectivity index (χ0n) is 7.12. The second-order valence-corrected chi connectivity index (χ2v) is 5.16. The lowest BCUT2D eigenvalue weighted by Crippen LogP contribution is -2.43. The maximum absolute atomic E-state index is 9.98. The van der Waals surface area contributed by atoms with E-state index in [1.54, 1.807) is 30.3 Å². The van der Waals surface area contributed by atoms with Crippen LogP contribution in [0, 0.1) is 0 Å². The van der Waals surface area contributed by atoms with Crippen molar-refractivity contribution in [2.24, 2.45) is 0 Å². The highest BCUT2D eigenvalue weighted by Gasteiger charge is 2.48. The average molecular weight is 256 g/mol. The number of alkyl halides is 3. The Morgan fingerprint density at radius 3 is 1.93 bits per heavy atom. The Kier molecular flexibility index (Phi) is 3.67. The number of benzene rings is 1. The average Bonchev–Trinajstić information content (AvgIpc) is 2.16. The van der Waals surface area contributed by atoms with Crippen LogP contribution in [0.3, 0.4) is 0 Å². The number of halogens is 3. The minimum atomic E-state index is -1.97. The first-order valence-electron chi connectivity index (χ1n) is 3.87. The first-order valence-corrected chi connectivity index (χ1v) is 5.00. The Hall–Kier alpha value is 0.01000. The second-order valence-electron chi connectivity index (χ2n) is 2.88. The fraction of sp³-hybridized carbons (Fsp3) is 0.333. The number of aliphatic hydroxyl groups is 2. The Morgan fingerprint density at radius 2 is 1.57 bits per heavy atom. The van der Waals surface area contributed by atoms with Crippen LogP contribution in [0.1, 0.15) is 5.56 Å². The predicted octanol–water partition coefficient (Wildman–Crippen LogP) is 2.24. The molecule has 1 rings (SSSR count). The second kappa shape index (κ2) is 4.25. The van der Waals surface area contributed by atoms with Crippen LogP contribution in [0.15, 0.2) is 30.3 Å². The number of rotatable bonds is 2. The van der Waals surface area contributed by atoms with Gasteiger partial charge in [0.25, 0.3) is 0 Å². The summed E-state index contributed by atoms with van der Waals surface area (Å²) in [6, 6.07) is 8.30. The van der Waals surface area contributed by atoms with Gasteiger partial charge in [0.15, 0.2) is 5.60 Å². The Morgan fingerprint density at radius 1 is 1.07 bits per heavy atom. The summed E-state index contributed by atoms with van der Waals surface area (Å²) in [4.78, 5) is 0. The van der Waals surface area contributed by atoms with Gasteiger partial charge in [0.05, 0.1) is 6.61 Å². The van der Waals surface area contributed by atoms with E-state index in [1.807, 2.05) is 0 Å². The monoisotopic (exact) mass is 254 g/mol. The van der Waals surface area contributed by atoms with Crippen molar-refractivity contribution in [2.75, 3.05) is 6.61 Å². The molecule has 78 valence electrons. The molecule has 2 nitrogen and oxygen atoms in total. The molecule has 0 saturated heterocycles. The van der Waals surface area contributed by atoms with Crippen molar-refractivity contribution < 1.29 is 10.2 Å². The van der Waals surface area contributed by atoms with Crippen molar-refractivity contribution in [1.82, 2.24) is 0 Å². The van der Waals surface area contributed by atoms with E-state index in [9.17, 15) is 5.11 Å². The molecule has 0 saturated carbocycles. The standard InChI is InChI=1S/C9H9Cl3O2/c10-9(11,12)8(14,6-13)7-4-2-1-3-5-7/h1-5,13-14H,6H2. The minimum absolute atomic E-state index is 0.363. The largest absolute Gasteiger partial charge is 0.393 e. The van der Waals surface area contributed by atoms with Crippen molar-refractivity contribution in [3.63, 3.8) is 0 Å². The third-order valence-corrected chi connectivity index (χ3v) is 2.89. The van der Waals surface area contributed by atoms with E-state index >= 15 is 0 Å². The molecule has 0 radical (unpaired) electrons. The van der Waals surface area contributed by atoms with Gasteiger partial charge in [-0.1, -0.05) is 65.1 Å². The first-order chi connectivity index (χ1) is 6.42. The molecule has 1 atom stereocenters. The van der Waals surface area contributed by atoms with E-state index in [0.29, 0.717) is 5.56 Å². The summed E-state index contributed by atoms with van der Waals surface area (Å²) in [6.45, 7) is -0.659. The van der Waals surface area contributed by atoms with E-state index < -0.39 is 16.0 Å². The smallest absolute Gasteiger partial charge is 0.225 e. The zero-order valence-corrected chi connectivity index (χ0v) is 9.39. The highest BCUT2D eigenvalue weighted by Crippen LogP contribution is 2.44. The minimum Gasteiger partial charge on any atom is -0.393 e. The van der Waals surface area contributed by atoms with Gasteiger partial charge < -0.3 is 10.2 Å². The maximum atomic E-state index is 9.98. The van der Waals surface area contributed by atoms with Gasteiger partial charge >= 0.3 is 0 Å². The molecule has 0 aliphatic heterocycles. The Balaban J connectivity index is 3.15. The lowest BCUT2D eigenvalue weighted by atomic mass is 9.96. The number of aliphatic hydroxyl groups excluding tert-OH is 1. The Labute approximate surface area is 97.0 Å². The maximum Gasteiger partial charge on any atom is 0.225 e. The van der Waals surface area contributed by atoms with Crippen LogP contribution < -0.4 is 0 Å². The van der Waals surface area contributed by atoms with E-state index in [4.69, 9.17) is 39.9 Å². The SMILES string of the molecule is OCC(O)(c1ccccc1)C(Cl)(Cl)Cl. The van der Waals surface area contributed by atoms with Gasteiger partial charge in [-0.3, -0.25) is 0 Å². The van der Waals surface area contributed by atoms with Gasteiger partial charge in [0.1, 0.15) is 0 Å². The molecule has 0 heterocycles. The molecule has 0 aliphatic rings. The summed E-state index contributed by atoms with van der Waals surface area (Å²) in [7, 11) is 0. The topological polar surface area (TPSA) is 40.5 Å². The molecule has 0 aromatic heterocycles. The molecular formula is C9H9Cl3O2. The van der Waals surface area contributed by atoms with Crippen LogP contribution in [0.25, 0.3) is 0 Å². The van der Waals surface area contributed by atoms with Crippen LogP contribution in [-0.2, 0) is 5.60 Å². The van der Waals surface area contributed by atoms with Crippen LogP contribution in [-0.4, -0.2) is 20.6 Å². The molecule has 1 aromatic rings. The molecule has 1 unspecified atom stereocenters. The highest BCUT2D eigenvalue weighted by molar-refractivity contribution is 6.68. The molecule has 0 aliphatic carbocycles. The summed E-state index contributed by atoms with van der Waals surface area (Å²) in [5, 5.41) is 19.1. The predicted molar refractivity (Wildman–Crippen MR) is 57.7 cm³/mol. The van der Waals surface area contributed by atoms with Crippen molar-refractivity contribution in [2.45, 2.75) is 9.39 Å². The Bertz CT molecular complexity index is 297. The van der Waals surface area contributed by atoms with Gasteiger partial charge in [0, 0.05) is 0 Å². The molecule has 1 aromatic carbocycles. The normalized spacial score (nSPS) is 16.4. The van der Waals surface area contributed by atoms with E-state index in [0.717, 1.165) is 0 Å². The number of hydrogen-bond acceptors (Lipinski definition) is 2. The summed E-state index contributed by atoms with van der Waals surface area (Å²) in [5.41, 5.74) is -1.51. The first kappa shape index (κ1) is 12.1. The lowest BCUT2D eigenvalue weighted by Gasteiger charge is -2.33. The van der Waals surface area contributed by atoms with Crippen molar-refractivity contribution >= 4 is 34.8 Å². The van der Waals surface area contributed by atoms with E-state index in [2.05, 4.69) is 0 Å². The van der Waals surface area contributed by atoms with Crippen LogP contribution in [0.2, 0.25) is 0 Å². The molecule has 0 amide bonds. The summed E-state index contributed by atoms with van der Waals surface area (Å²) in [6.07, 6.45) is 0. The van der Waals surface area contributed by atoms with Crippen LogP contribution >= 0.6 is 34.8 Å². The van der Waals surface area contributed by atoms with Gasteiger partial charge in [-0.15, -0.1) is 0 Å². The summed E-state index contributed by atoms with van der Waals surface area (Å²) < 4.78 is -1.97. The molecular weight excluding hydrogens is 246 g/mol. The molecule has 2 N–H and O–H groups in total. The lowest BCUT2D eigenvalue weighted by molar-refractivity contribution is -0.0158. The van der Waals surface area contributed by atoms with Crippen molar-refractivity contribution in [3.05, 3.63) is 35.9 Å². The van der Waals surface area contributed by atoms with Crippen molar-refractivity contribution in [3.8, 4) is 0 Å². The summed E-state index contributed by atoms with van der Waals surface area (Å²) >= 11 is 16.8. The van der Waals surface area contributed by atoms with Crippen LogP contribution in [0.4, 0.5) is 0 Å². The van der Waals surface area contributed by atoms with Gasteiger partial charge in [-0.2, -0.15) is 0 Å². The zero-order chi connectivity index (χ0) is 10.8. The fourth-order valence-electron chi connectivity index (χ4n) is 1.06. The van der Waals surface area contributed by atoms with Crippen molar-refractivity contribution in [1.29, 1.82) is 0 Å². The van der Waals surface area contributed by atoms with Crippen LogP contribution in [0.5, 0.6) is 0 Å². The summed E-state index contributed by atoms with van der Waals surface area (Å²) in [5.74, 6) is 0. The molecule has 0 bridgehead atoms. The van der Waals surface area contributed by atoms with Gasteiger partial charge in [-0.05, 0) is 5.56 Å². The molecule has 14 heavy (non-hydrogen) atoms. The quantitative estimate of drug-likeness (QED) is 0.796. The fourth-order valence-corrected chi connectivity index (χ4v) is 1.57. The van der Waals surface area contributed by atoms with E-state index in [1.165, 1.54) is 0 Å².